The summed E-state index contributed by atoms with van der Waals surface area (Å²) in [5.41, 5.74) is 4.11. The van der Waals surface area contributed by atoms with E-state index in [1.165, 1.54) is 5.56 Å². The third kappa shape index (κ3) is 2.90. The summed E-state index contributed by atoms with van der Waals surface area (Å²) < 4.78 is 5.48. The van der Waals surface area contributed by atoms with Gasteiger partial charge in [0.25, 0.3) is 0 Å². The summed E-state index contributed by atoms with van der Waals surface area (Å²) in [7, 11) is 1.70. The molecular weight excluding hydrogens is 302 g/mol. The number of aryl methyl sites for hydroxylation is 2. The number of amides is 1. The van der Waals surface area contributed by atoms with E-state index in [1.807, 2.05) is 43.9 Å². The molecule has 128 valence electrons. The molecule has 1 aromatic heterocycles. The predicted octanol–water partition coefficient (Wildman–Crippen LogP) is 3.15. The van der Waals surface area contributed by atoms with Crippen molar-refractivity contribution in [2.24, 2.45) is 0 Å². The molecule has 1 aliphatic rings. The lowest BCUT2D eigenvalue weighted by Crippen LogP contribution is -2.32. The lowest BCUT2D eigenvalue weighted by molar-refractivity contribution is -0.131. The molecule has 2 atom stereocenters. The van der Waals surface area contributed by atoms with Crippen LogP contribution in [0.3, 0.4) is 0 Å². The Hall–Kier alpha value is -2.30. The van der Waals surface area contributed by atoms with Gasteiger partial charge < -0.3 is 9.64 Å². The number of carbonyl (C=O) groups is 1. The Balaban J connectivity index is 1.75. The molecule has 0 spiro atoms. The maximum Gasteiger partial charge on any atom is 0.229 e. The standard InChI is InChI=1S/C19H25N3O2/c1-12(18-13(2)20-21-14(18)3)19(23)22-10-9-15(11-22)16-7-5-6-8-17(16)24-4/h5-8,12,15H,9-11H2,1-4H3,(H,20,21)/t12-,15+/m1/s1. The first kappa shape index (κ1) is 16.6. The number of nitrogens with zero attached hydrogens (tertiary/aromatic N) is 2. The monoisotopic (exact) mass is 327 g/mol. The van der Waals surface area contributed by atoms with Crippen molar-refractivity contribution >= 4 is 5.91 Å². The number of aromatic amines is 1. The summed E-state index contributed by atoms with van der Waals surface area (Å²) in [5, 5.41) is 7.19. The van der Waals surface area contributed by atoms with Crippen LogP contribution in [0.2, 0.25) is 0 Å². The largest absolute Gasteiger partial charge is 0.496 e. The molecule has 1 saturated heterocycles. The molecule has 2 aromatic rings. The van der Waals surface area contributed by atoms with E-state index in [1.54, 1.807) is 7.11 Å². The summed E-state index contributed by atoms with van der Waals surface area (Å²) in [6.07, 6.45) is 0.974. The predicted molar refractivity (Wildman–Crippen MR) is 93.4 cm³/mol. The lowest BCUT2D eigenvalue weighted by atomic mass is 9.96. The van der Waals surface area contributed by atoms with Crippen molar-refractivity contribution in [2.45, 2.75) is 39.0 Å². The summed E-state index contributed by atoms with van der Waals surface area (Å²) in [6.45, 7) is 7.44. The van der Waals surface area contributed by atoms with Crippen LogP contribution in [0.4, 0.5) is 0 Å². The highest BCUT2D eigenvalue weighted by Gasteiger charge is 2.32. The topological polar surface area (TPSA) is 58.2 Å². The Morgan fingerprint density at radius 2 is 2.12 bits per heavy atom. The van der Waals surface area contributed by atoms with Crippen LogP contribution in [0.5, 0.6) is 5.75 Å². The van der Waals surface area contributed by atoms with Crippen molar-refractivity contribution < 1.29 is 9.53 Å². The highest BCUT2D eigenvalue weighted by atomic mass is 16.5. The number of likely N-dealkylation sites (tertiary alicyclic amines) is 1. The quantitative estimate of drug-likeness (QED) is 0.938. The number of nitrogens with one attached hydrogen (secondary N) is 1. The molecule has 0 bridgehead atoms. The molecule has 3 rings (SSSR count). The fourth-order valence-electron chi connectivity index (χ4n) is 3.81. The fourth-order valence-corrected chi connectivity index (χ4v) is 3.81. The van der Waals surface area contributed by atoms with Gasteiger partial charge in [-0.2, -0.15) is 5.10 Å². The normalized spacial score (nSPS) is 18.7. The molecule has 5 heteroatoms. The minimum atomic E-state index is -0.167. The van der Waals surface area contributed by atoms with Gasteiger partial charge in [0.1, 0.15) is 5.75 Å². The number of aromatic nitrogens is 2. The maximum absolute atomic E-state index is 12.9. The van der Waals surface area contributed by atoms with Crippen molar-refractivity contribution in [3.05, 3.63) is 46.8 Å². The lowest BCUT2D eigenvalue weighted by Gasteiger charge is -2.22. The zero-order chi connectivity index (χ0) is 17.3. The number of methoxy groups -OCH3 is 1. The van der Waals surface area contributed by atoms with Crippen LogP contribution in [0.25, 0.3) is 0 Å². The molecule has 1 fully saturated rings. The number of H-pyrrole nitrogens is 1. The second kappa shape index (κ2) is 6.67. The summed E-state index contributed by atoms with van der Waals surface area (Å²) in [6, 6.07) is 8.10. The van der Waals surface area contributed by atoms with E-state index in [0.29, 0.717) is 5.92 Å². The molecule has 1 aliphatic heterocycles. The SMILES string of the molecule is COc1ccccc1[C@H]1CCN(C(=O)[C@H](C)c2c(C)n[nH]c2C)C1. The second-order valence-corrected chi connectivity index (χ2v) is 6.58. The fraction of sp³-hybridized carbons (Fsp3) is 0.474. The first-order valence-electron chi connectivity index (χ1n) is 8.46. The molecule has 0 unspecified atom stereocenters. The van der Waals surface area contributed by atoms with Crippen LogP contribution in [-0.4, -0.2) is 41.2 Å². The van der Waals surface area contributed by atoms with Crippen LogP contribution < -0.4 is 4.74 Å². The van der Waals surface area contributed by atoms with E-state index in [9.17, 15) is 4.79 Å². The second-order valence-electron chi connectivity index (χ2n) is 6.58. The molecule has 2 heterocycles. The molecule has 1 N–H and O–H groups in total. The third-order valence-electron chi connectivity index (χ3n) is 5.07. The Morgan fingerprint density at radius 1 is 1.38 bits per heavy atom. The van der Waals surface area contributed by atoms with Crippen molar-refractivity contribution in [2.75, 3.05) is 20.2 Å². The first-order chi connectivity index (χ1) is 11.5. The smallest absolute Gasteiger partial charge is 0.229 e. The van der Waals surface area contributed by atoms with Crippen LogP contribution in [0, 0.1) is 13.8 Å². The van der Waals surface area contributed by atoms with Crippen LogP contribution in [0.15, 0.2) is 24.3 Å². The molecule has 1 aromatic carbocycles. The number of benzene rings is 1. The van der Waals surface area contributed by atoms with Gasteiger partial charge in [0.2, 0.25) is 5.91 Å². The minimum Gasteiger partial charge on any atom is -0.496 e. The molecule has 5 nitrogen and oxygen atoms in total. The van der Waals surface area contributed by atoms with Gasteiger partial charge >= 0.3 is 0 Å². The highest BCUT2D eigenvalue weighted by Crippen LogP contribution is 2.35. The van der Waals surface area contributed by atoms with E-state index in [0.717, 1.165) is 42.2 Å². The Labute approximate surface area is 143 Å². The van der Waals surface area contributed by atoms with Crippen molar-refractivity contribution in [3.63, 3.8) is 0 Å². The number of rotatable bonds is 4. The van der Waals surface area contributed by atoms with Gasteiger partial charge in [-0.3, -0.25) is 9.89 Å². The number of ether oxygens (including phenoxy) is 1. The average molecular weight is 327 g/mol. The molecule has 0 saturated carbocycles. The van der Waals surface area contributed by atoms with E-state index < -0.39 is 0 Å². The highest BCUT2D eigenvalue weighted by molar-refractivity contribution is 5.84. The zero-order valence-corrected chi connectivity index (χ0v) is 14.8. The van der Waals surface area contributed by atoms with Gasteiger partial charge in [0.15, 0.2) is 0 Å². The van der Waals surface area contributed by atoms with Gasteiger partial charge in [0.05, 0.1) is 18.7 Å². The van der Waals surface area contributed by atoms with E-state index >= 15 is 0 Å². The summed E-state index contributed by atoms with van der Waals surface area (Å²) >= 11 is 0. The van der Waals surface area contributed by atoms with Crippen LogP contribution >= 0.6 is 0 Å². The van der Waals surface area contributed by atoms with E-state index in [-0.39, 0.29) is 11.8 Å². The minimum absolute atomic E-state index is 0.167. The average Bonchev–Trinajstić information content (AvgIpc) is 3.20. The first-order valence-corrected chi connectivity index (χ1v) is 8.46. The molecule has 24 heavy (non-hydrogen) atoms. The maximum atomic E-state index is 12.9. The Kier molecular flexibility index (Phi) is 4.60. The Morgan fingerprint density at radius 3 is 2.79 bits per heavy atom. The van der Waals surface area contributed by atoms with Crippen molar-refractivity contribution in [1.82, 2.24) is 15.1 Å². The van der Waals surface area contributed by atoms with Crippen LogP contribution in [0.1, 0.15) is 47.7 Å². The van der Waals surface area contributed by atoms with E-state index in [2.05, 4.69) is 16.3 Å². The van der Waals surface area contributed by atoms with Gasteiger partial charge in [0, 0.05) is 30.3 Å². The Bertz CT molecular complexity index is 718. The summed E-state index contributed by atoms with van der Waals surface area (Å²) in [5.74, 6) is 1.26. The van der Waals surface area contributed by atoms with Gasteiger partial charge in [-0.25, -0.2) is 0 Å². The van der Waals surface area contributed by atoms with Gasteiger partial charge in [-0.1, -0.05) is 18.2 Å². The number of para-hydroxylation sites is 1. The third-order valence-corrected chi connectivity index (χ3v) is 5.07. The van der Waals surface area contributed by atoms with Crippen molar-refractivity contribution in [3.8, 4) is 5.75 Å². The number of carbonyl (C=O) groups excluding carboxylic acids is 1. The molecular formula is C19H25N3O2. The molecule has 0 aliphatic carbocycles. The zero-order valence-electron chi connectivity index (χ0n) is 14.8. The van der Waals surface area contributed by atoms with Gasteiger partial charge in [-0.05, 0) is 38.8 Å². The number of hydrogen-bond acceptors (Lipinski definition) is 3. The van der Waals surface area contributed by atoms with Crippen LogP contribution in [-0.2, 0) is 4.79 Å². The number of hydrogen-bond donors (Lipinski definition) is 1. The molecule has 1 amide bonds. The van der Waals surface area contributed by atoms with Gasteiger partial charge in [-0.15, -0.1) is 0 Å². The van der Waals surface area contributed by atoms with E-state index in [4.69, 9.17) is 4.74 Å². The summed E-state index contributed by atoms with van der Waals surface area (Å²) in [4.78, 5) is 14.9. The molecule has 0 radical (unpaired) electrons. The van der Waals surface area contributed by atoms with Crippen molar-refractivity contribution in [1.29, 1.82) is 0 Å².